The van der Waals surface area contributed by atoms with Crippen LogP contribution in [0.5, 0.6) is 5.88 Å². The zero-order chi connectivity index (χ0) is 19.2. The highest BCUT2D eigenvalue weighted by atomic mass is 35.5. The summed E-state index contributed by atoms with van der Waals surface area (Å²) >= 11 is 5.83. The molecule has 0 radical (unpaired) electrons. The molecule has 0 atom stereocenters. The molecule has 6 nitrogen and oxygen atoms in total. The van der Waals surface area contributed by atoms with Crippen molar-refractivity contribution in [1.82, 2.24) is 14.9 Å². The van der Waals surface area contributed by atoms with Crippen molar-refractivity contribution in [2.24, 2.45) is 0 Å². The van der Waals surface area contributed by atoms with Crippen LogP contribution in [0.4, 0.5) is 0 Å². The molecule has 1 aliphatic heterocycles. The Bertz CT molecular complexity index is 802. The summed E-state index contributed by atoms with van der Waals surface area (Å²) in [6, 6.07) is 8.48. The normalized spacial score (nSPS) is 14.8. The van der Waals surface area contributed by atoms with Crippen LogP contribution in [0.3, 0.4) is 0 Å². The summed E-state index contributed by atoms with van der Waals surface area (Å²) in [7, 11) is 0. The number of carbonyl (C=O) groups is 2. The molecule has 27 heavy (non-hydrogen) atoms. The first kappa shape index (κ1) is 19.3. The van der Waals surface area contributed by atoms with Crippen LogP contribution >= 0.6 is 11.6 Å². The lowest BCUT2D eigenvalue weighted by molar-refractivity contribution is -0.132. The highest BCUT2D eigenvalue weighted by molar-refractivity contribution is 6.30. The Morgan fingerprint density at radius 2 is 1.85 bits per heavy atom. The highest BCUT2D eigenvalue weighted by Crippen LogP contribution is 2.18. The number of aromatic nitrogens is 2. The van der Waals surface area contributed by atoms with E-state index in [0.29, 0.717) is 35.4 Å². The molecule has 1 aromatic carbocycles. The standard InChI is InChI=1S/C20H22ClN3O3/c1-14-22-11-8-19(23-14)27-17-9-12-24(13-10-17)20(26)7-6-18(25)15-2-4-16(21)5-3-15/h2-5,8,11,17H,6-7,9-10,12-13H2,1H3. The van der Waals surface area contributed by atoms with Crippen molar-refractivity contribution in [2.75, 3.05) is 13.1 Å². The Morgan fingerprint density at radius 1 is 1.15 bits per heavy atom. The van der Waals surface area contributed by atoms with Gasteiger partial charge in [0, 0.05) is 61.6 Å². The quantitative estimate of drug-likeness (QED) is 0.709. The number of ether oxygens (including phenoxy) is 1. The van der Waals surface area contributed by atoms with Gasteiger partial charge >= 0.3 is 0 Å². The number of likely N-dealkylation sites (tertiary alicyclic amines) is 1. The number of rotatable bonds is 6. The van der Waals surface area contributed by atoms with Crippen LogP contribution in [0.15, 0.2) is 36.5 Å². The second-order valence-corrected chi connectivity index (χ2v) is 7.01. The largest absolute Gasteiger partial charge is 0.474 e. The van der Waals surface area contributed by atoms with Gasteiger partial charge in [-0.3, -0.25) is 9.59 Å². The second kappa shape index (κ2) is 8.95. The van der Waals surface area contributed by atoms with E-state index >= 15 is 0 Å². The summed E-state index contributed by atoms with van der Waals surface area (Å²) in [5.74, 6) is 1.21. The van der Waals surface area contributed by atoms with Crippen molar-refractivity contribution in [3.05, 3.63) is 52.9 Å². The fourth-order valence-electron chi connectivity index (χ4n) is 3.05. The van der Waals surface area contributed by atoms with Crippen molar-refractivity contribution in [3.63, 3.8) is 0 Å². The molecular formula is C20H22ClN3O3. The van der Waals surface area contributed by atoms with E-state index in [9.17, 15) is 9.59 Å². The summed E-state index contributed by atoms with van der Waals surface area (Å²) < 4.78 is 5.88. The predicted octanol–water partition coefficient (Wildman–Crippen LogP) is 3.47. The van der Waals surface area contributed by atoms with E-state index in [1.807, 2.05) is 6.92 Å². The van der Waals surface area contributed by atoms with Gasteiger partial charge in [-0.05, 0) is 31.2 Å². The molecule has 0 N–H and O–H groups in total. The number of aryl methyl sites for hydroxylation is 1. The van der Waals surface area contributed by atoms with Crippen LogP contribution in [-0.2, 0) is 4.79 Å². The molecule has 0 aliphatic carbocycles. The zero-order valence-corrected chi connectivity index (χ0v) is 16.0. The summed E-state index contributed by atoms with van der Waals surface area (Å²) in [6.45, 7) is 3.07. The molecule has 0 unspecified atom stereocenters. The van der Waals surface area contributed by atoms with E-state index in [1.165, 1.54) is 0 Å². The summed E-state index contributed by atoms with van der Waals surface area (Å²) in [5, 5.41) is 0.588. The molecule has 1 aromatic heterocycles. The average Bonchev–Trinajstić information content (AvgIpc) is 2.67. The van der Waals surface area contributed by atoms with E-state index in [-0.39, 0.29) is 30.6 Å². The van der Waals surface area contributed by atoms with Gasteiger partial charge in [-0.2, -0.15) is 4.98 Å². The summed E-state index contributed by atoms with van der Waals surface area (Å²) in [5.41, 5.74) is 0.583. The number of carbonyl (C=O) groups excluding carboxylic acids is 2. The lowest BCUT2D eigenvalue weighted by Gasteiger charge is -2.32. The molecule has 1 amide bonds. The van der Waals surface area contributed by atoms with Gasteiger partial charge in [-0.15, -0.1) is 0 Å². The van der Waals surface area contributed by atoms with Crippen LogP contribution in [0, 0.1) is 6.92 Å². The number of benzene rings is 1. The SMILES string of the molecule is Cc1nccc(OC2CCN(C(=O)CCC(=O)c3ccc(Cl)cc3)CC2)n1. The third kappa shape index (κ3) is 5.50. The van der Waals surface area contributed by atoms with Gasteiger partial charge in [0.1, 0.15) is 11.9 Å². The van der Waals surface area contributed by atoms with Crippen molar-refractivity contribution in [1.29, 1.82) is 0 Å². The Hall–Kier alpha value is -2.47. The first-order valence-electron chi connectivity index (χ1n) is 9.04. The molecular weight excluding hydrogens is 366 g/mol. The lowest BCUT2D eigenvalue weighted by atomic mass is 10.0. The molecule has 7 heteroatoms. The maximum absolute atomic E-state index is 12.4. The van der Waals surface area contributed by atoms with Gasteiger partial charge in [0.15, 0.2) is 5.78 Å². The fourth-order valence-corrected chi connectivity index (χ4v) is 3.18. The minimum Gasteiger partial charge on any atom is -0.474 e. The van der Waals surface area contributed by atoms with E-state index in [1.54, 1.807) is 41.4 Å². The lowest BCUT2D eigenvalue weighted by Crippen LogP contribution is -2.41. The predicted molar refractivity (Wildman–Crippen MR) is 102 cm³/mol. The number of Topliss-reactive ketones (excluding diaryl/α,β-unsaturated/α-hetero) is 1. The van der Waals surface area contributed by atoms with Gasteiger partial charge in [0.25, 0.3) is 0 Å². The van der Waals surface area contributed by atoms with E-state index in [2.05, 4.69) is 9.97 Å². The highest BCUT2D eigenvalue weighted by Gasteiger charge is 2.24. The van der Waals surface area contributed by atoms with Gasteiger partial charge in [-0.1, -0.05) is 11.6 Å². The molecule has 0 spiro atoms. The smallest absolute Gasteiger partial charge is 0.223 e. The van der Waals surface area contributed by atoms with Crippen molar-refractivity contribution < 1.29 is 14.3 Å². The third-order valence-corrected chi connectivity index (χ3v) is 4.82. The maximum Gasteiger partial charge on any atom is 0.223 e. The topological polar surface area (TPSA) is 72.4 Å². The molecule has 2 aromatic rings. The number of amides is 1. The number of piperidine rings is 1. The van der Waals surface area contributed by atoms with Gasteiger partial charge in [0.2, 0.25) is 11.8 Å². The van der Waals surface area contributed by atoms with Crippen molar-refractivity contribution in [2.45, 2.75) is 38.7 Å². The van der Waals surface area contributed by atoms with Gasteiger partial charge in [0.05, 0.1) is 0 Å². The molecule has 1 fully saturated rings. The van der Waals surface area contributed by atoms with Crippen LogP contribution in [-0.4, -0.2) is 45.8 Å². The minimum absolute atomic E-state index is 0.00800. The number of hydrogen-bond acceptors (Lipinski definition) is 5. The number of ketones is 1. The Morgan fingerprint density at radius 3 is 2.52 bits per heavy atom. The number of hydrogen-bond donors (Lipinski definition) is 0. The molecule has 2 heterocycles. The molecule has 0 bridgehead atoms. The van der Waals surface area contributed by atoms with E-state index in [0.717, 1.165) is 12.8 Å². The number of halogens is 1. The molecule has 3 rings (SSSR count). The fraction of sp³-hybridized carbons (Fsp3) is 0.400. The van der Waals surface area contributed by atoms with Crippen molar-refractivity contribution >= 4 is 23.3 Å². The first-order chi connectivity index (χ1) is 13.0. The van der Waals surface area contributed by atoms with Crippen molar-refractivity contribution in [3.8, 4) is 5.88 Å². The van der Waals surface area contributed by atoms with Gasteiger partial charge in [-0.25, -0.2) is 4.98 Å². The van der Waals surface area contributed by atoms with Crippen LogP contribution < -0.4 is 4.74 Å². The van der Waals surface area contributed by atoms with E-state index < -0.39 is 0 Å². The van der Waals surface area contributed by atoms with Gasteiger partial charge < -0.3 is 9.64 Å². The Kier molecular flexibility index (Phi) is 6.40. The first-order valence-corrected chi connectivity index (χ1v) is 9.42. The maximum atomic E-state index is 12.4. The van der Waals surface area contributed by atoms with Crippen LogP contribution in [0.1, 0.15) is 41.9 Å². The summed E-state index contributed by atoms with van der Waals surface area (Å²) in [4.78, 5) is 34.7. The minimum atomic E-state index is -0.0441. The molecule has 0 saturated carbocycles. The molecule has 1 saturated heterocycles. The third-order valence-electron chi connectivity index (χ3n) is 4.56. The zero-order valence-electron chi connectivity index (χ0n) is 15.2. The molecule has 1 aliphatic rings. The summed E-state index contributed by atoms with van der Waals surface area (Å²) in [6.07, 6.45) is 3.64. The molecule has 142 valence electrons. The van der Waals surface area contributed by atoms with Crippen LogP contribution in [0.2, 0.25) is 5.02 Å². The van der Waals surface area contributed by atoms with E-state index in [4.69, 9.17) is 16.3 Å². The second-order valence-electron chi connectivity index (χ2n) is 6.57. The Labute approximate surface area is 163 Å². The Balaban J connectivity index is 1.43. The number of nitrogens with zero attached hydrogens (tertiary/aromatic N) is 3. The van der Waals surface area contributed by atoms with Crippen LogP contribution in [0.25, 0.3) is 0 Å². The monoisotopic (exact) mass is 387 g/mol. The average molecular weight is 388 g/mol.